The molecule has 3 nitrogen and oxygen atoms in total. The minimum Gasteiger partial charge on any atom is -0.369 e. The molecule has 0 aliphatic heterocycles. The monoisotopic (exact) mass is 131 g/mol. The second kappa shape index (κ2) is 4.32. The van der Waals surface area contributed by atoms with Crippen molar-refractivity contribution in [3.63, 3.8) is 0 Å². The van der Waals surface area contributed by atoms with Crippen molar-refractivity contribution in [2.45, 2.75) is 13.8 Å². The Morgan fingerprint density at radius 1 is 1.56 bits per heavy atom. The fourth-order valence-corrected chi connectivity index (χ4v) is 0.378. The molecule has 0 saturated carbocycles. The first-order valence-electron chi connectivity index (χ1n) is 2.90. The number of ether oxygens (including phenoxy) is 1. The third kappa shape index (κ3) is 7.43. The summed E-state index contributed by atoms with van der Waals surface area (Å²) < 4.78 is 4.69. The quantitative estimate of drug-likeness (QED) is 0.561. The van der Waals surface area contributed by atoms with Gasteiger partial charge in [0.05, 0.1) is 0 Å². The highest BCUT2D eigenvalue weighted by Gasteiger charge is 1.99. The predicted molar refractivity (Wildman–Crippen MR) is 31.4 cm³/mol. The molecule has 0 bridgehead atoms. The van der Waals surface area contributed by atoms with E-state index in [-0.39, 0.29) is 6.61 Å². The average Bonchev–Trinajstić information content (AvgIpc) is 1.63. The number of carbonyl (C=O) groups is 1. The first kappa shape index (κ1) is 8.43. The Balaban J connectivity index is 3.01. The highest BCUT2D eigenvalue weighted by atomic mass is 16.5. The largest absolute Gasteiger partial charge is 0.380 e. The fourth-order valence-electron chi connectivity index (χ4n) is 0.378. The number of carbonyl (C=O) groups excluding carboxylic acids is 1. The summed E-state index contributed by atoms with van der Waals surface area (Å²) in [5.41, 5.74) is 0. The van der Waals surface area contributed by atoms with Gasteiger partial charge in [0.1, 0.15) is 6.61 Å². The van der Waals surface area contributed by atoms with Gasteiger partial charge in [-0.1, -0.05) is 13.8 Å². The van der Waals surface area contributed by atoms with Crippen molar-refractivity contribution in [1.29, 1.82) is 0 Å². The molecule has 1 radical (unpaired) electrons. The van der Waals surface area contributed by atoms with Gasteiger partial charge in [-0.3, -0.25) is 0 Å². The van der Waals surface area contributed by atoms with Crippen LogP contribution < -0.4 is 0 Å². The van der Waals surface area contributed by atoms with E-state index in [1.165, 1.54) is 0 Å². The van der Waals surface area contributed by atoms with Crippen LogP contribution in [0, 0.1) is 5.92 Å². The molecule has 0 heterocycles. The van der Waals surface area contributed by atoms with Gasteiger partial charge in [0.15, 0.2) is 0 Å². The average molecular weight is 131 g/mol. The van der Waals surface area contributed by atoms with Gasteiger partial charge in [-0.05, 0) is 5.92 Å². The molecule has 0 fully saturated rings. The maximum atomic E-state index is 9.74. The van der Waals surface area contributed by atoms with Gasteiger partial charge in [-0.25, -0.2) is 9.90 Å². The topological polar surface area (TPSA) is 46.2 Å². The molecule has 0 N–H and O–H groups in total. The van der Waals surface area contributed by atoms with E-state index < -0.39 is 5.97 Å². The third-order valence-corrected chi connectivity index (χ3v) is 0.671. The number of rotatable bonds is 4. The van der Waals surface area contributed by atoms with Crippen molar-refractivity contribution in [3.8, 4) is 0 Å². The maximum absolute atomic E-state index is 9.74. The lowest BCUT2D eigenvalue weighted by atomic mass is 10.2. The summed E-state index contributed by atoms with van der Waals surface area (Å²) in [5, 5.41) is 9.74. The fraction of sp³-hybridized carbons (Fsp3) is 0.833. The molecule has 3 heteroatoms. The van der Waals surface area contributed by atoms with Gasteiger partial charge < -0.3 is 4.74 Å². The lowest BCUT2D eigenvalue weighted by Crippen LogP contribution is -2.09. The molecule has 9 heavy (non-hydrogen) atoms. The summed E-state index contributed by atoms with van der Waals surface area (Å²) in [6, 6.07) is 0. The molecule has 0 aromatic heterocycles. The molecule has 0 aromatic rings. The summed E-state index contributed by atoms with van der Waals surface area (Å²) in [7, 11) is 0. The Labute approximate surface area is 54.6 Å². The molecular weight excluding hydrogens is 120 g/mol. The predicted octanol–water partition coefficient (Wildman–Crippen LogP) is 0.616. The lowest BCUT2D eigenvalue weighted by Gasteiger charge is -2.01. The van der Waals surface area contributed by atoms with Crippen LogP contribution in [0.25, 0.3) is 0 Å². The Morgan fingerprint density at radius 3 is 2.44 bits per heavy atom. The van der Waals surface area contributed by atoms with Crippen LogP contribution >= 0.6 is 0 Å². The van der Waals surface area contributed by atoms with Crippen LogP contribution in [0.3, 0.4) is 0 Å². The second-order valence-corrected chi connectivity index (χ2v) is 2.28. The Bertz CT molecular complexity index is 88.3. The zero-order chi connectivity index (χ0) is 7.28. The molecule has 0 aliphatic rings. The van der Waals surface area contributed by atoms with Crippen molar-refractivity contribution >= 4 is 5.97 Å². The van der Waals surface area contributed by atoms with E-state index in [0.717, 1.165) is 0 Å². The Hall–Kier alpha value is -0.570. The van der Waals surface area contributed by atoms with Crippen LogP contribution in [-0.2, 0) is 14.6 Å². The first-order valence-corrected chi connectivity index (χ1v) is 2.90. The summed E-state index contributed by atoms with van der Waals surface area (Å²) in [4.78, 5) is 9.74. The lowest BCUT2D eigenvalue weighted by molar-refractivity contribution is -0.148. The van der Waals surface area contributed by atoms with E-state index in [1.807, 2.05) is 13.8 Å². The molecule has 0 aromatic carbocycles. The summed E-state index contributed by atoms with van der Waals surface area (Å²) in [5.74, 6) is -0.778. The Kier molecular flexibility index (Phi) is 4.05. The standard InChI is InChI=1S/C6H11O3/c1-5(2)3-9-4-6(7)8/h5H,3-4H2,1-2H3. The van der Waals surface area contributed by atoms with Crippen molar-refractivity contribution in [1.82, 2.24) is 0 Å². The first-order chi connectivity index (χ1) is 4.13. The molecule has 0 amide bonds. The summed E-state index contributed by atoms with van der Waals surface area (Å²) >= 11 is 0. The highest BCUT2D eigenvalue weighted by Crippen LogP contribution is 1.91. The number of hydrogen-bond acceptors (Lipinski definition) is 2. The van der Waals surface area contributed by atoms with Crippen LogP contribution in [0.4, 0.5) is 0 Å². The zero-order valence-corrected chi connectivity index (χ0v) is 5.72. The molecule has 0 spiro atoms. The van der Waals surface area contributed by atoms with Crippen molar-refractivity contribution < 1.29 is 14.6 Å². The molecule has 0 unspecified atom stereocenters. The van der Waals surface area contributed by atoms with E-state index in [9.17, 15) is 9.90 Å². The van der Waals surface area contributed by atoms with E-state index >= 15 is 0 Å². The van der Waals surface area contributed by atoms with Crippen LogP contribution in [0.2, 0.25) is 0 Å². The van der Waals surface area contributed by atoms with Crippen molar-refractivity contribution in [2.75, 3.05) is 13.2 Å². The molecule has 0 aliphatic carbocycles. The van der Waals surface area contributed by atoms with Gasteiger partial charge in [0.25, 0.3) is 0 Å². The number of hydrogen-bond donors (Lipinski definition) is 0. The summed E-state index contributed by atoms with van der Waals surface area (Å²) in [6.07, 6.45) is 0. The normalized spacial score (nSPS) is 10.1. The van der Waals surface area contributed by atoms with Gasteiger partial charge in [-0.15, -0.1) is 0 Å². The van der Waals surface area contributed by atoms with Crippen LogP contribution in [0.5, 0.6) is 0 Å². The molecule has 0 rings (SSSR count). The van der Waals surface area contributed by atoms with Crippen molar-refractivity contribution in [3.05, 3.63) is 0 Å². The van der Waals surface area contributed by atoms with Gasteiger partial charge in [0, 0.05) is 6.61 Å². The van der Waals surface area contributed by atoms with Gasteiger partial charge in [0.2, 0.25) is 0 Å². The van der Waals surface area contributed by atoms with E-state index in [1.54, 1.807) is 0 Å². The molecule has 0 saturated heterocycles. The minimum atomic E-state index is -1.16. The van der Waals surface area contributed by atoms with E-state index in [0.29, 0.717) is 12.5 Å². The smallest absolute Gasteiger partial charge is 0.369 e. The minimum absolute atomic E-state index is 0.293. The molecular formula is C6H11O3. The molecule has 0 atom stereocenters. The molecule has 53 valence electrons. The maximum Gasteiger partial charge on any atom is 0.380 e. The SMILES string of the molecule is CC(C)COCC([O])=O. The second-order valence-electron chi connectivity index (χ2n) is 2.28. The van der Waals surface area contributed by atoms with Crippen LogP contribution in [0.15, 0.2) is 0 Å². The van der Waals surface area contributed by atoms with Crippen LogP contribution in [-0.4, -0.2) is 19.2 Å². The van der Waals surface area contributed by atoms with Gasteiger partial charge in [-0.2, -0.15) is 0 Å². The van der Waals surface area contributed by atoms with E-state index in [4.69, 9.17) is 4.74 Å². The van der Waals surface area contributed by atoms with E-state index in [2.05, 4.69) is 0 Å². The van der Waals surface area contributed by atoms with Crippen LogP contribution in [0.1, 0.15) is 13.8 Å². The Morgan fingerprint density at radius 2 is 2.11 bits per heavy atom. The van der Waals surface area contributed by atoms with Gasteiger partial charge >= 0.3 is 5.97 Å². The van der Waals surface area contributed by atoms with Crippen molar-refractivity contribution in [2.24, 2.45) is 5.92 Å². The summed E-state index contributed by atoms with van der Waals surface area (Å²) in [6.45, 7) is 4.09. The highest BCUT2D eigenvalue weighted by molar-refractivity contribution is 5.67. The third-order valence-electron chi connectivity index (χ3n) is 0.671. The zero-order valence-electron chi connectivity index (χ0n) is 5.72.